The second-order valence-electron chi connectivity index (χ2n) is 9.95. The molecule has 3 saturated heterocycles. The highest BCUT2D eigenvalue weighted by atomic mass is 15.4. The highest BCUT2D eigenvalue weighted by Crippen LogP contribution is 2.40. The van der Waals surface area contributed by atoms with Crippen LogP contribution in [0.2, 0.25) is 0 Å². The fraction of sp³-hybridized carbons (Fsp3) is 0.520. The summed E-state index contributed by atoms with van der Waals surface area (Å²) in [7, 11) is 0. The second kappa shape index (κ2) is 8.85. The quantitative estimate of drug-likeness (QED) is 0.495. The fourth-order valence-corrected chi connectivity index (χ4v) is 6.11. The minimum absolute atomic E-state index is 0.405. The van der Waals surface area contributed by atoms with Gasteiger partial charge in [0.15, 0.2) is 5.82 Å². The summed E-state index contributed by atoms with van der Waals surface area (Å²) in [4.78, 5) is 14.7. The molecule has 0 aliphatic carbocycles. The van der Waals surface area contributed by atoms with Crippen molar-refractivity contribution in [2.45, 2.75) is 63.2 Å². The molecule has 3 aromatic heterocycles. The molecule has 3 fully saturated rings. The van der Waals surface area contributed by atoms with E-state index < -0.39 is 0 Å². The number of hydrogen-bond donors (Lipinski definition) is 3. The van der Waals surface area contributed by atoms with Crippen molar-refractivity contribution in [2.24, 2.45) is 0 Å². The fourth-order valence-electron chi connectivity index (χ4n) is 6.11. The summed E-state index contributed by atoms with van der Waals surface area (Å²) in [6.45, 7) is 5.13. The SMILES string of the molecule is Cc1cc(Nc2cc3ncccc3c(NC3C[C@H]4CC[C@@H](C3)N4C3CN(CCC#N)C3)n2)n[nH]1. The minimum atomic E-state index is 0.405. The van der Waals surface area contributed by atoms with Crippen LogP contribution in [0.3, 0.4) is 0 Å². The van der Waals surface area contributed by atoms with Crippen LogP contribution in [-0.4, -0.2) is 73.8 Å². The summed E-state index contributed by atoms with van der Waals surface area (Å²) in [5.74, 6) is 2.39. The van der Waals surface area contributed by atoms with Gasteiger partial charge in [0.25, 0.3) is 0 Å². The first kappa shape index (κ1) is 21.3. The molecule has 9 nitrogen and oxygen atoms in total. The number of H-pyrrole nitrogens is 1. The molecule has 0 amide bonds. The summed E-state index contributed by atoms with van der Waals surface area (Å²) in [6, 6.07) is 12.6. The molecule has 3 atom stereocenters. The maximum absolute atomic E-state index is 8.84. The summed E-state index contributed by atoms with van der Waals surface area (Å²) in [5.41, 5.74) is 1.92. The lowest BCUT2D eigenvalue weighted by molar-refractivity contribution is -0.0136. The van der Waals surface area contributed by atoms with E-state index in [1.165, 1.54) is 12.8 Å². The molecule has 0 spiro atoms. The molecule has 3 aliphatic heterocycles. The van der Waals surface area contributed by atoms with Crippen LogP contribution in [0.15, 0.2) is 30.5 Å². The van der Waals surface area contributed by atoms with Crippen LogP contribution in [0.4, 0.5) is 17.5 Å². The number of anilines is 3. The topological polar surface area (TPSA) is 109 Å². The highest BCUT2D eigenvalue weighted by molar-refractivity contribution is 5.91. The number of aromatic amines is 1. The largest absolute Gasteiger partial charge is 0.367 e. The Morgan fingerprint density at radius 1 is 1.15 bits per heavy atom. The summed E-state index contributed by atoms with van der Waals surface area (Å²) < 4.78 is 0. The monoisotopic (exact) mass is 457 g/mol. The van der Waals surface area contributed by atoms with E-state index in [2.05, 4.69) is 47.8 Å². The third kappa shape index (κ3) is 4.08. The summed E-state index contributed by atoms with van der Waals surface area (Å²) in [5, 5.41) is 24.2. The molecule has 0 aromatic carbocycles. The van der Waals surface area contributed by atoms with Crippen molar-refractivity contribution in [1.29, 1.82) is 5.26 Å². The first-order chi connectivity index (χ1) is 16.7. The number of nitrogens with one attached hydrogen (secondary N) is 3. The number of aryl methyl sites for hydroxylation is 1. The van der Waals surface area contributed by atoms with Gasteiger partial charge in [0.1, 0.15) is 11.6 Å². The average Bonchev–Trinajstić information content (AvgIpc) is 3.32. The lowest BCUT2D eigenvalue weighted by atomic mass is 9.93. The Hall–Kier alpha value is -3.22. The van der Waals surface area contributed by atoms with Gasteiger partial charge in [-0.1, -0.05) is 0 Å². The van der Waals surface area contributed by atoms with Crippen molar-refractivity contribution in [3.8, 4) is 6.07 Å². The molecule has 3 N–H and O–H groups in total. The van der Waals surface area contributed by atoms with Gasteiger partial charge in [0.2, 0.25) is 0 Å². The van der Waals surface area contributed by atoms with Crippen molar-refractivity contribution < 1.29 is 0 Å². The number of aromatic nitrogens is 4. The maximum Gasteiger partial charge on any atom is 0.153 e. The van der Waals surface area contributed by atoms with E-state index >= 15 is 0 Å². The third-order valence-corrected chi connectivity index (χ3v) is 7.59. The van der Waals surface area contributed by atoms with Crippen LogP contribution < -0.4 is 10.6 Å². The molecule has 176 valence electrons. The van der Waals surface area contributed by atoms with Crippen molar-refractivity contribution in [3.05, 3.63) is 36.2 Å². The Morgan fingerprint density at radius 2 is 1.97 bits per heavy atom. The number of hydrogen-bond acceptors (Lipinski definition) is 8. The van der Waals surface area contributed by atoms with Crippen molar-refractivity contribution in [1.82, 2.24) is 30.0 Å². The molecule has 1 unspecified atom stereocenters. The normalized spacial score (nSPS) is 25.2. The highest BCUT2D eigenvalue weighted by Gasteiger charge is 2.46. The second-order valence-corrected chi connectivity index (χ2v) is 9.95. The van der Waals surface area contributed by atoms with E-state index in [4.69, 9.17) is 10.2 Å². The predicted octanol–water partition coefficient (Wildman–Crippen LogP) is 3.41. The zero-order chi connectivity index (χ0) is 23.1. The lowest BCUT2D eigenvalue weighted by Crippen LogP contribution is -2.64. The van der Waals surface area contributed by atoms with Gasteiger partial charge < -0.3 is 10.6 Å². The average molecular weight is 458 g/mol. The van der Waals surface area contributed by atoms with Gasteiger partial charge in [-0.25, -0.2) is 4.98 Å². The Labute approximate surface area is 199 Å². The number of rotatable bonds is 7. The van der Waals surface area contributed by atoms with E-state index in [9.17, 15) is 0 Å². The van der Waals surface area contributed by atoms with Crippen LogP contribution in [0, 0.1) is 18.3 Å². The molecule has 0 radical (unpaired) electrons. The molecule has 34 heavy (non-hydrogen) atoms. The molecule has 2 bridgehead atoms. The zero-order valence-electron chi connectivity index (χ0n) is 19.5. The number of piperidine rings is 1. The minimum Gasteiger partial charge on any atom is -0.367 e. The Bertz CT molecular complexity index is 1190. The van der Waals surface area contributed by atoms with Crippen LogP contribution in [-0.2, 0) is 0 Å². The third-order valence-electron chi connectivity index (χ3n) is 7.59. The number of likely N-dealkylation sites (tertiary alicyclic amines) is 1. The molecular formula is C25H31N9. The van der Waals surface area contributed by atoms with Crippen LogP contribution in [0.1, 0.15) is 37.8 Å². The van der Waals surface area contributed by atoms with Gasteiger partial charge in [-0.15, -0.1) is 0 Å². The number of fused-ring (bicyclic) bond motifs is 3. The van der Waals surface area contributed by atoms with E-state index in [0.29, 0.717) is 30.6 Å². The van der Waals surface area contributed by atoms with Gasteiger partial charge in [0, 0.05) is 79.6 Å². The predicted molar refractivity (Wildman–Crippen MR) is 132 cm³/mol. The Balaban J connectivity index is 1.17. The summed E-state index contributed by atoms with van der Waals surface area (Å²) in [6.07, 6.45) is 7.32. The smallest absolute Gasteiger partial charge is 0.153 e. The van der Waals surface area contributed by atoms with E-state index in [1.807, 2.05) is 31.3 Å². The molecular weight excluding hydrogens is 426 g/mol. The van der Waals surface area contributed by atoms with Gasteiger partial charge in [-0.3, -0.25) is 19.9 Å². The van der Waals surface area contributed by atoms with E-state index in [1.54, 1.807) is 0 Å². The van der Waals surface area contributed by atoms with Crippen LogP contribution >= 0.6 is 0 Å². The van der Waals surface area contributed by atoms with E-state index in [0.717, 1.165) is 66.5 Å². The maximum atomic E-state index is 8.84. The van der Waals surface area contributed by atoms with Gasteiger partial charge in [-0.05, 0) is 44.7 Å². The Kier molecular flexibility index (Phi) is 5.55. The molecule has 0 saturated carbocycles. The van der Waals surface area contributed by atoms with Crippen molar-refractivity contribution in [2.75, 3.05) is 30.3 Å². The van der Waals surface area contributed by atoms with Gasteiger partial charge >= 0.3 is 0 Å². The van der Waals surface area contributed by atoms with Crippen molar-refractivity contribution >= 4 is 28.4 Å². The van der Waals surface area contributed by atoms with Crippen molar-refractivity contribution in [3.63, 3.8) is 0 Å². The molecule has 6 heterocycles. The summed E-state index contributed by atoms with van der Waals surface area (Å²) >= 11 is 0. The number of pyridine rings is 2. The van der Waals surface area contributed by atoms with Crippen LogP contribution in [0.5, 0.6) is 0 Å². The van der Waals surface area contributed by atoms with Gasteiger partial charge in [0.05, 0.1) is 11.6 Å². The van der Waals surface area contributed by atoms with Gasteiger partial charge in [-0.2, -0.15) is 10.4 Å². The first-order valence-corrected chi connectivity index (χ1v) is 12.3. The van der Waals surface area contributed by atoms with Crippen LogP contribution in [0.25, 0.3) is 10.9 Å². The lowest BCUT2D eigenvalue weighted by Gasteiger charge is -2.51. The number of nitriles is 1. The molecule has 9 heteroatoms. The zero-order valence-corrected chi connectivity index (χ0v) is 19.5. The molecule has 3 aromatic rings. The standard InChI is InChI=1S/C25H31N9/c1-16-10-24(32-31-16)29-23-13-22-21(4-2-8-27-22)25(30-23)28-17-11-18-5-6-19(12-17)34(18)20-14-33(15-20)9-3-7-26/h2,4,8,10,13,17-20H,3,5-6,9,11-12,14-15H2,1H3,(H3,28,29,30,31,32)/t17?,18-,19+. The first-order valence-electron chi connectivity index (χ1n) is 12.3. The Morgan fingerprint density at radius 3 is 2.71 bits per heavy atom. The molecule has 6 rings (SSSR count). The van der Waals surface area contributed by atoms with E-state index in [-0.39, 0.29) is 0 Å². The number of nitrogens with zero attached hydrogens (tertiary/aromatic N) is 6. The molecule has 3 aliphatic rings.